The fourth-order valence-electron chi connectivity index (χ4n) is 3.76. The van der Waals surface area contributed by atoms with Gasteiger partial charge >= 0.3 is 0 Å². The van der Waals surface area contributed by atoms with Crippen LogP contribution in [0.15, 0.2) is 36.4 Å². The highest BCUT2D eigenvalue weighted by Gasteiger charge is 2.20. The van der Waals surface area contributed by atoms with Gasteiger partial charge in [-0.2, -0.15) is 0 Å². The van der Waals surface area contributed by atoms with Crippen molar-refractivity contribution in [3.05, 3.63) is 47.5 Å². The Morgan fingerprint density at radius 1 is 1.00 bits per heavy atom. The first-order chi connectivity index (χ1) is 14.0. The van der Waals surface area contributed by atoms with Gasteiger partial charge in [0.1, 0.15) is 23.9 Å². The molecule has 0 radical (unpaired) electrons. The molecular weight excluding hydrogens is 364 g/mol. The highest BCUT2D eigenvalue weighted by molar-refractivity contribution is 5.58. The number of anilines is 1. The Morgan fingerprint density at radius 3 is 2.41 bits per heavy atom. The third-order valence-electron chi connectivity index (χ3n) is 5.49. The standard InChI is InChI=1S/C24H34N2O3/c1-5-28-23-9-7-6-8-21(23)26-12-10-25(11-13-26)14-15-29-24-16-19(4)22(27)17-20(24)18(2)3/h6-9,16-18,27H,5,10-15H2,1-4H3. The minimum Gasteiger partial charge on any atom is -0.508 e. The zero-order chi connectivity index (χ0) is 20.8. The molecule has 2 aromatic rings. The molecule has 0 saturated carbocycles. The van der Waals surface area contributed by atoms with Gasteiger partial charge in [0, 0.05) is 38.3 Å². The van der Waals surface area contributed by atoms with Gasteiger partial charge in [-0.1, -0.05) is 26.0 Å². The van der Waals surface area contributed by atoms with Crippen molar-refractivity contribution in [3.63, 3.8) is 0 Å². The van der Waals surface area contributed by atoms with E-state index in [0.717, 1.165) is 55.3 Å². The monoisotopic (exact) mass is 398 g/mol. The molecule has 0 aromatic heterocycles. The summed E-state index contributed by atoms with van der Waals surface area (Å²) >= 11 is 0. The quantitative estimate of drug-likeness (QED) is 0.713. The fraction of sp³-hybridized carbons (Fsp3) is 0.500. The van der Waals surface area contributed by atoms with E-state index in [1.165, 1.54) is 5.69 Å². The maximum Gasteiger partial charge on any atom is 0.142 e. The molecule has 29 heavy (non-hydrogen) atoms. The molecule has 0 spiro atoms. The van der Waals surface area contributed by atoms with Crippen LogP contribution >= 0.6 is 0 Å². The van der Waals surface area contributed by atoms with E-state index in [0.29, 0.717) is 24.9 Å². The summed E-state index contributed by atoms with van der Waals surface area (Å²) in [7, 11) is 0. The first-order valence-corrected chi connectivity index (χ1v) is 10.6. The van der Waals surface area contributed by atoms with Crippen molar-refractivity contribution < 1.29 is 14.6 Å². The number of phenols is 1. The van der Waals surface area contributed by atoms with Gasteiger partial charge in [-0.3, -0.25) is 4.90 Å². The average molecular weight is 399 g/mol. The van der Waals surface area contributed by atoms with Crippen LogP contribution < -0.4 is 14.4 Å². The van der Waals surface area contributed by atoms with Gasteiger partial charge in [0.15, 0.2) is 0 Å². The van der Waals surface area contributed by atoms with E-state index in [9.17, 15) is 5.11 Å². The number of hydrogen-bond acceptors (Lipinski definition) is 5. The van der Waals surface area contributed by atoms with Crippen LogP contribution in [0.5, 0.6) is 17.2 Å². The van der Waals surface area contributed by atoms with Gasteiger partial charge in [0.25, 0.3) is 0 Å². The molecule has 1 aliphatic rings. The number of benzene rings is 2. The van der Waals surface area contributed by atoms with Crippen LogP contribution in [-0.4, -0.2) is 55.9 Å². The van der Waals surface area contributed by atoms with E-state index >= 15 is 0 Å². The summed E-state index contributed by atoms with van der Waals surface area (Å²) in [4.78, 5) is 4.85. The van der Waals surface area contributed by atoms with E-state index < -0.39 is 0 Å². The zero-order valence-corrected chi connectivity index (χ0v) is 18.1. The van der Waals surface area contributed by atoms with Crippen molar-refractivity contribution in [1.29, 1.82) is 0 Å². The maximum atomic E-state index is 10.00. The van der Waals surface area contributed by atoms with Crippen LogP contribution in [0.1, 0.15) is 37.8 Å². The summed E-state index contributed by atoms with van der Waals surface area (Å²) in [6.45, 7) is 14.4. The number of rotatable bonds is 8. The third kappa shape index (κ3) is 5.36. The van der Waals surface area contributed by atoms with Crippen LogP contribution in [0.25, 0.3) is 0 Å². The SMILES string of the molecule is CCOc1ccccc1N1CCN(CCOc2cc(C)c(O)cc2C(C)C)CC1. The third-order valence-corrected chi connectivity index (χ3v) is 5.49. The Morgan fingerprint density at radius 2 is 1.72 bits per heavy atom. The summed E-state index contributed by atoms with van der Waals surface area (Å²) in [5, 5.41) is 10.00. The van der Waals surface area contributed by atoms with E-state index in [1.54, 1.807) is 0 Å². The summed E-state index contributed by atoms with van der Waals surface area (Å²) in [5.41, 5.74) is 3.10. The van der Waals surface area contributed by atoms with Crippen molar-refractivity contribution in [2.75, 3.05) is 50.8 Å². The fourth-order valence-corrected chi connectivity index (χ4v) is 3.76. The van der Waals surface area contributed by atoms with Crippen molar-refractivity contribution in [1.82, 2.24) is 4.90 Å². The van der Waals surface area contributed by atoms with Crippen LogP contribution in [0.3, 0.4) is 0 Å². The highest BCUT2D eigenvalue weighted by atomic mass is 16.5. The van der Waals surface area contributed by atoms with Gasteiger partial charge in [0.05, 0.1) is 12.3 Å². The zero-order valence-electron chi connectivity index (χ0n) is 18.1. The molecule has 2 aromatic carbocycles. The highest BCUT2D eigenvalue weighted by Crippen LogP contribution is 2.33. The van der Waals surface area contributed by atoms with E-state index in [1.807, 2.05) is 38.1 Å². The number of para-hydroxylation sites is 2. The van der Waals surface area contributed by atoms with Crippen LogP contribution in [0.4, 0.5) is 5.69 Å². The molecule has 1 saturated heterocycles. The molecule has 158 valence electrons. The van der Waals surface area contributed by atoms with Gasteiger partial charge in [-0.25, -0.2) is 0 Å². The summed E-state index contributed by atoms with van der Waals surface area (Å²) in [5.74, 6) is 2.50. The predicted octanol–water partition coefficient (Wildman–Crippen LogP) is 4.42. The lowest BCUT2D eigenvalue weighted by Gasteiger charge is -2.36. The van der Waals surface area contributed by atoms with Crippen LogP contribution in [0, 0.1) is 6.92 Å². The lowest BCUT2D eigenvalue weighted by molar-refractivity contribution is 0.199. The molecule has 1 N–H and O–H groups in total. The maximum absolute atomic E-state index is 10.00. The second-order valence-corrected chi connectivity index (χ2v) is 7.91. The van der Waals surface area contributed by atoms with Crippen LogP contribution in [0.2, 0.25) is 0 Å². The molecule has 1 heterocycles. The number of aromatic hydroxyl groups is 1. The van der Waals surface area contributed by atoms with Crippen molar-refractivity contribution >= 4 is 5.69 Å². The predicted molar refractivity (Wildman–Crippen MR) is 119 cm³/mol. The number of nitrogens with zero attached hydrogens (tertiary/aromatic N) is 2. The average Bonchev–Trinajstić information content (AvgIpc) is 2.71. The molecule has 1 aliphatic heterocycles. The lowest BCUT2D eigenvalue weighted by Crippen LogP contribution is -2.47. The molecule has 0 aliphatic carbocycles. The number of piperazine rings is 1. The van der Waals surface area contributed by atoms with E-state index in [-0.39, 0.29) is 0 Å². The summed E-state index contributed by atoms with van der Waals surface area (Å²) in [6.07, 6.45) is 0. The van der Waals surface area contributed by atoms with Crippen molar-refractivity contribution in [3.8, 4) is 17.2 Å². The number of ether oxygens (including phenoxy) is 2. The molecule has 0 atom stereocenters. The number of aryl methyl sites for hydroxylation is 1. The second kappa shape index (κ2) is 9.88. The molecule has 3 rings (SSSR count). The van der Waals surface area contributed by atoms with Gasteiger partial charge in [-0.05, 0) is 49.6 Å². The van der Waals surface area contributed by atoms with E-state index in [2.05, 4.69) is 35.8 Å². The van der Waals surface area contributed by atoms with E-state index in [4.69, 9.17) is 9.47 Å². The molecule has 5 heteroatoms. The normalized spacial score (nSPS) is 15.0. The van der Waals surface area contributed by atoms with Crippen molar-refractivity contribution in [2.45, 2.75) is 33.6 Å². The molecule has 1 fully saturated rings. The second-order valence-electron chi connectivity index (χ2n) is 7.91. The Labute approximate surface area is 174 Å². The Balaban J connectivity index is 1.52. The Hall–Kier alpha value is -2.40. The summed E-state index contributed by atoms with van der Waals surface area (Å²) in [6, 6.07) is 12.1. The lowest BCUT2D eigenvalue weighted by atomic mass is 10.00. The Bertz CT molecular complexity index is 799. The minimum absolute atomic E-state index is 0.311. The smallest absolute Gasteiger partial charge is 0.142 e. The summed E-state index contributed by atoms with van der Waals surface area (Å²) < 4.78 is 11.9. The molecular formula is C24H34N2O3. The molecule has 0 unspecified atom stereocenters. The molecule has 0 bridgehead atoms. The van der Waals surface area contributed by atoms with Gasteiger partial charge < -0.3 is 19.5 Å². The molecule has 0 amide bonds. The largest absolute Gasteiger partial charge is 0.508 e. The van der Waals surface area contributed by atoms with Gasteiger partial charge in [0.2, 0.25) is 0 Å². The van der Waals surface area contributed by atoms with Gasteiger partial charge in [-0.15, -0.1) is 0 Å². The topological polar surface area (TPSA) is 45.2 Å². The minimum atomic E-state index is 0.311. The first-order valence-electron chi connectivity index (χ1n) is 10.6. The number of phenolic OH excluding ortho intramolecular Hbond substituents is 1. The van der Waals surface area contributed by atoms with Crippen LogP contribution in [-0.2, 0) is 0 Å². The van der Waals surface area contributed by atoms with Crippen molar-refractivity contribution in [2.24, 2.45) is 0 Å². The Kier molecular flexibility index (Phi) is 7.26. The molecule has 5 nitrogen and oxygen atoms in total. The first kappa shape index (κ1) is 21.3. The number of hydrogen-bond donors (Lipinski definition) is 1.